The van der Waals surface area contributed by atoms with Crippen molar-refractivity contribution in [3.63, 3.8) is 0 Å². The highest BCUT2D eigenvalue weighted by Gasteiger charge is 2.21. The van der Waals surface area contributed by atoms with Crippen LogP contribution in [0.1, 0.15) is 52.4 Å². The summed E-state index contributed by atoms with van der Waals surface area (Å²) in [7, 11) is 0. The van der Waals surface area contributed by atoms with Gasteiger partial charge < -0.3 is 10.2 Å². The predicted molar refractivity (Wildman–Crippen MR) is 69.7 cm³/mol. The molecule has 2 rings (SSSR count). The van der Waals surface area contributed by atoms with E-state index in [1.165, 1.54) is 58.2 Å². The molecule has 2 atom stereocenters. The maximum Gasteiger partial charge on any atom is 0.0169 e. The fourth-order valence-electron chi connectivity index (χ4n) is 3.46. The summed E-state index contributed by atoms with van der Waals surface area (Å²) < 4.78 is 0. The highest BCUT2D eigenvalue weighted by atomic mass is 15.2. The van der Waals surface area contributed by atoms with Crippen molar-refractivity contribution in [3.8, 4) is 0 Å². The Bertz CT molecular complexity index is 189. The number of piperazine rings is 1. The molecule has 0 aromatic heterocycles. The molecule has 0 radical (unpaired) electrons. The van der Waals surface area contributed by atoms with Crippen LogP contribution in [0.15, 0.2) is 0 Å². The van der Waals surface area contributed by atoms with Gasteiger partial charge >= 0.3 is 0 Å². The van der Waals surface area contributed by atoms with E-state index in [0.717, 1.165) is 5.92 Å². The molecule has 2 nitrogen and oxygen atoms in total. The van der Waals surface area contributed by atoms with Crippen LogP contribution in [0.3, 0.4) is 0 Å². The van der Waals surface area contributed by atoms with Crippen molar-refractivity contribution in [1.82, 2.24) is 10.2 Å². The molecule has 16 heavy (non-hydrogen) atoms. The van der Waals surface area contributed by atoms with Gasteiger partial charge in [-0.2, -0.15) is 0 Å². The van der Waals surface area contributed by atoms with Crippen LogP contribution in [-0.4, -0.2) is 36.6 Å². The molecule has 2 heteroatoms. The second kappa shape index (κ2) is 6.02. The van der Waals surface area contributed by atoms with Crippen LogP contribution in [0.4, 0.5) is 0 Å². The highest BCUT2D eigenvalue weighted by Crippen LogP contribution is 2.26. The monoisotopic (exact) mass is 224 g/mol. The molecule has 1 aliphatic heterocycles. The van der Waals surface area contributed by atoms with E-state index in [4.69, 9.17) is 0 Å². The minimum atomic E-state index is 0.676. The van der Waals surface area contributed by atoms with Gasteiger partial charge in [0, 0.05) is 25.2 Å². The summed E-state index contributed by atoms with van der Waals surface area (Å²) in [6.07, 6.45) is 8.89. The Morgan fingerprint density at radius 3 is 2.25 bits per heavy atom. The van der Waals surface area contributed by atoms with Crippen molar-refractivity contribution in [3.05, 3.63) is 0 Å². The minimum Gasteiger partial charge on any atom is -0.309 e. The molecular weight excluding hydrogens is 196 g/mol. The third kappa shape index (κ3) is 3.74. The largest absolute Gasteiger partial charge is 0.309 e. The normalized spacial score (nSPS) is 34.1. The number of nitrogens with one attached hydrogen (secondary N) is 1. The summed E-state index contributed by atoms with van der Waals surface area (Å²) in [5, 5.41) is 3.61. The molecule has 94 valence electrons. The van der Waals surface area contributed by atoms with Crippen molar-refractivity contribution in [2.45, 2.75) is 64.5 Å². The third-order valence-corrected chi connectivity index (χ3v) is 4.21. The molecule has 1 heterocycles. The minimum absolute atomic E-state index is 0.676. The van der Waals surface area contributed by atoms with Gasteiger partial charge in [0.2, 0.25) is 0 Å². The van der Waals surface area contributed by atoms with Crippen LogP contribution < -0.4 is 5.32 Å². The van der Waals surface area contributed by atoms with Gasteiger partial charge in [-0.05, 0) is 32.7 Å². The topological polar surface area (TPSA) is 15.3 Å². The SMILES string of the molecule is CC1CN(CCC2CCCCC2)CC(C)N1. The van der Waals surface area contributed by atoms with Crippen molar-refractivity contribution in [2.24, 2.45) is 5.92 Å². The smallest absolute Gasteiger partial charge is 0.0169 e. The lowest BCUT2D eigenvalue weighted by Gasteiger charge is -2.37. The zero-order chi connectivity index (χ0) is 11.4. The van der Waals surface area contributed by atoms with Crippen LogP contribution in [0, 0.1) is 5.92 Å². The molecule has 2 unspecified atom stereocenters. The second-order valence-electron chi connectivity index (χ2n) is 6.02. The van der Waals surface area contributed by atoms with E-state index in [0.29, 0.717) is 12.1 Å². The second-order valence-corrected chi connectivity index (χ2v) is 6.02. The van der Waals surface area contributed by atoms with Crippen molar-refractivity contribution < 1.29 is 0 Å². The summed E-state index contributed by atoms with van der Waals surface area (Å²) in [5.74, 6) is 1.04. The first-order valence-electron chi connectivity index (χ1n) is 7.22. The molecule has 0 aromatic rings. The summed E-state index contributed by atoms with van der Waals surface area (Å²) in [6, 6.07) is 1.35. The molecule has 2 aliphatic rings. The first-order valence-corrected chi connectivity index (χ1v) is 7.22. The van der Waals surface area contributed by atoms with E-state index in [1.807, 2.05) is 0 Å². The van der Waals surface area contributed by atoms with Crippen molar-refractivity contribution in [1.29, 1.82) is 0 Å². The number of nitrogens with zero attached hydrogens (tertiary/aromatic N) is 1. The predicted octanol–water partition coefficient (Wildman–Crippen LogP) is 2.64. The summed E-state index contributed by atoms with van der Waals surface area (Å²) in [6.45, 7) is 8.45. The number of hydrogen-bond acceptors (Lipinski definition) is 2. The van der Waals surface area contributed by atoms with Crippen LogP contribution >= 0.6 is 0 Å². The first kappa shape index (κ1) is 12.4. The fourth-order valence-corrected chi connectivity index (χ4v) is 3.46. The lowest BCUT2D eigenvalue weighted by atomic mass is 9.87. The molecule has 1 saturated carbocycles. The van der Waals surface area contributed by atoms with Gasteiger partial charge in [-0.15, -0.1) is 0 Å². The zero-order valence-corrected chi connectivity index (χ0v) is 11.0. The highest BCUT2D eigenvalue weighted by molar-refractivity contribution is 4.81. The van der Waals surface area contributed by atoms with E-state index >= 15 is 0 Å². The lowest BCUT2D eigenvalue weighted by Crippen LogP contribution is -2.54. The van der Waals surface area contributed by atoms with Crippen molar-refractivity contribution >= 4 is 0 Å². The maximum absolute atomic E-state index is 3.61. The van der Waals surface area contributed by atoms with E-state index in [-0.39, 0.29) is 0 Å². The van der Waals surface area contributed by atoms with Crippen LogP contribution in [-0.2, 0) is 0 Å². The standard InChI is InChI=1S/C14H28N2/c1-12-10-16(11-13(2)15-12)9-8-14-6-4-3-5-7-14/h12-15H,3-11H2,1-2H3. The number of rotatable bonds is 3. The Balaban J connectivity index is 1.68. The molecule has 1 aliphatic carbocycles. The molecule has 0 aromatic carbocycles. The summed E-state index contributed by atoms with van der Waals surface area (Å²) in [4.78, 5) is 2.67. The van der Waals surface area contributed by atoms with Crippen LogP contribution in [0.2, 0.25) is 0 Å². The quantitative estimate of drug-likeness (QED) is 0.793. The van der Waals surface area contributed by atoms with E-state index in [2.05, 4.69) is 24.1 Å². The lowest BCUT2D eigenvalue weighted by molar-refractivity contribution is 0.158. The fraction of sp³-hybridized carbons (Fsp3) is 1.00. The van der Waals surface area contributed by atoms with Gasteiger partial charge in [0.05, 0.1) is 0 Å². The molecule has 0 bridgehead atoms. The molecular formula is C14H28N2. The molecule has 0 amide bonds. The molecule has 0 spiro atoms. The Kier molecular flexibility index (Phi) is 4.66. The Morgan fingerprint density at radius 2 is 1.62 bits per heavy atom. The van der Waals surface area contributed by atoms with Crippen LogP contribution in [0.5, 0.6) is 0 Å². The van der Waals surface area contributed by atoms with Gasteiger partial charge in [-0.1, -0.05) is 32.1 Å². The molecule has 1 N–H and O–H groups in total. The van der Waals surface area contributed by atoms with E-state index < -0.39 is 0 Å². The van der Waals surface area contributed by atoms with Crippen LogP contribution in [0.25, 0.3) is 0 Å². The Labute approximate surface area is 101 Å². The third-order valence-electron chi connectivity index (χ3n) is 4.21. The van der Waals surface area contributed by atoms with Gasteiger partial charge in [-0.25, -0.2) is 0 Å². The zero-order valence-electron chi connectivity index (χ0n) is 11.0. The van der Waals surface area contributed by atoms with Gasteiger partial charge in [0.15, 0.2) is 0 Å². The summed E-state index contributed by atoms with van der Waals surface area (Å²) >= 11 is 0. The van der Waals surface area contributed by atoms with Gasteiger partial charge in [0.1, 0.15) is 0 Å². The molecule has 2 fully saturated rings. The molecule has 1 saturated heterocycles. The average molecular weight is 224 g/mol. The average Bonchev–Trinajstić information content (AvgIpc) is 2.27. The summed E-state index contributed by atoms with van der Waals surface area (Å²) in [5.41, 5.74) is 0. The van der Waals surface area contributed by atoms with Crippen molar-refractivity contribution in [2.75, 3.05) is 19.6 Å². The van der Waals surface area contributed by atoms with Gasteiger partial charge in [-0.3, -0.25) is 0 Å². The van der Waals surface area contributed by atoms with E-state index in [9.17, 15) is 0 Å². The van der Waals surface area contributed by atoms with Gasteiger partial charge in [0.25, 0.3) is 0 Å². The Hall–Kier alpha value is -0.0800. The maximum atomic E-state index is 3.61. The first-order chi connectivity index (χ1) is 7.74. The Morgan fingerprint density at radius 1 is 1.00 bits per heavy atom. The number of hydrogen-bond donors (Lipinski definition) is 1. The van der Waals surface area contributed by atoms with E-state index in [1.54, 1.807) is 0 Å².